The molecule has 26 atom stereocenters. The molecule has 6 aliphatic carbocycles. The van der Waals surface area contributed by atoms with Gasteiger partial charge in [-0.05, 0) is 265 Å². The lowest BCUT2D eigenvalue weighted by molar-refractivity contribution is -0.205. The lowest BCUT2D eigenvalue weighted by Crippen LogP contribution is -2.37. The molecule has 0 spiro atoms. The van der Waals surface area contributed by atoms with E-state index in [0.29, 0.717) is 90.5 Å². The monoisotopic (exact) mass is 1650 g/mol. The molecule has 2 N–H and O–H groups in total. The summed E-state index contributed by atoms with van der Waals surface area (Å²) in [7, 11) is 4.19. The SMILES string of the molecule is CCC1CC(CC)C(C(CC(=O)OC)OC(C)=O)C1.CCC1CC(CC)C(C(CC(=O)OC)OC2CCCCO2)C1.CCC1CC(CC)C(C)(C(=O)OC2CCCCO2)C1.CCC1CC(CC)C(CC(C)(O)CC(=O)OC(C)(C)C)C1.CCC1CC(CC)C(CC(O)CC(=O)OC)C1.CCOC(C)OC(=O)C1C(CC)CC(CC)C1C. The standard InChI is InChI=1S/C18H32O4.C18H34O3.C16H28O3.C15H26O4.C15H28O3.C14H26O3/c1-4-13-10-14(5-2)15(11-13)16(12-17(19)20-3)22-18-8-6-7-9-21-18;1-7-13-9-14(8-2)15(10-13)11-18(6,20)12-16(19)21-17(3,4)5;1-4-12-10-13(5-2)16(3,11-12)15(17)19-14-8-6-7-9-18-14;1-5-11-7-12(6-2)13(8-11)14(19-10(3)16)9-15(17)18-4;1-6-12-9-13(7-2)14(10(12)4)15(16)18-11(5)17-8-3;1-4-10-6-11(5-2)12(7-10)8-13(15)9-14(16)17-3/h13-16,18H,4-12H2,1-3H3;13-15,20H,7-12H2,1-6H3;12-14H,4-11H2,1-3H3;11-14H,5-9H2,1-4H3;10-14H,6-9H2,1-5H3;10-13,15H,4-9H2,1-3H3. The number of aliphatic hydroxyl groups is 2. The Morgan fingerprint density at radius 3 is 1.39 bits per heavy atom. The number of methoxy groups -OCH3 is 3. The Hall–Kier alpha value is -3.95. The highest BCUT2D eigenvalue weighted by Gasteiger charge is 2.50. The van der Waals surface area contributed by atoms with Gasteiger partial charge in [-0.25, -0.2) is 0 Å². The third kappa shape index (κ3) is 36.6. The molecule has 20 heteroatoms. The van der Waals surface area contributed by atoms with Crippen molar-refractivity contribution in [1.82, 2.24) is 0 Å². The minimum absolute atomic E-state index is 0.0257. The maximum absolute atomic E-state index is 12.6. The molecule has 0 bridgehead atoms. The average molecular weight is 1650 g/mol. The summed E-state index contributed by atoms with van der Waals surface area (Å²) < 4.78 is 58.8. The average Bonchev–Trinajstić information content (AvgIpc) is 1.63. The van der Waals surface area contributed by atoms with Crippen molar-refractivity contribution in [2.75, 3.05) is 41.2 Å². The second-order valence-corrected chi connectivity index (χ2v) is 37.7. The van der Waals surface area contributed by atoms with Crippen LogP contribution in [0.5, 0.6) is 0 Å². The van der Waals surface area contributed by atoms with Gasteiger partial charge < -0.3 is 62.3 Å². The van der Waals surface area contributed by atoms with Gasteiger partial charge in [0.05, 0.1) is 82.8 Å². The Morgan fingerprint density at radius 1 is 0.491 bits per heavy atom. The molecule has 0 radical (unpaired) electrons. The van der Waals surface area contributed by atoms with E-state index in [2.05, 4.69) is 102 Å². The third-order valence-corrected chi connectivity index (χ3v) is 28.3. The molecule has 116 heavy (non-hydrogen) atoms. The lowest BCUT2D eigenvalue weighted by atomic mass is 9.78. The molecular weight excluding hydrogens is 1470 g/mol. The van der Waals surface area contributed by atoms with E-state index < -0.39 is 23.6 Å². The molecule has 0 aromatic rings. The number of hydrogen-bond acceptors (Lipinski definition) is 20. The van der Waals surface area contributed by atoms with E-state index in [-0.39, 0.29) is 103 Å². The first-order chi connectivity index (χ1) is 55.0. The zero-order valence-electron chi connectivity index (χ0n) is 78.0. The Kier molecular flexibility index (Phi) is 50.6. The number of ether oxygens (including phenoxy) is 11. The first kappa shape index (κ1) is 106. The van der Waals surface area contributed by atoms with Crippen LogP contribution in [0.25, 0.3) is 0 Å². The number of rotatable bonds is 35. The highest BCUT2D eigenvalue weighted by atomic mass is 16.7. The van der Waals surface area contributed by atoms with Gasteiger partial charge in [0.25, 0.3) is 0 Å². The van der Waals surface area contributed by atoms with Gasteiger partial charge in [-0.3, -0.25) is 33.6 Å². The minimum atomic E-state index is -0.955. The molecule has 2 heterocycles. The minimum Gasteiger partial charge on any atom is -0.469 e. The van der Waals surface area contributed by atoms with Gasteiger partial charge >= 0.3 is 41.8 Å². The van der Waals surface area contributed by atoms with Crippen LogP contribution in [-0.2, 0) is 85.7 Å². The molecule has 8 rings (SSSR count). The topological polar surface area (TPSA) is 261 Å². The summed E-state index contributed by atoms with van der Waals surface area (Å²) in [6.45, 7) is 45.4. The van der Waals surface area contributed by atoms with Crippen LogP contribution in [-0.4, -0.2) is 142 Å². The molecule has 8 aliphatic rings. The molecule has 2 saturated heterocycles. The predicted octanol–water partition coefficient (Wildman–Crippen LogP) is 21.5. The van der Waals surface area contributed by atoms with Crippen LogP contribution in [0, 0.1) is 112 Å². The second kappa shape index (κ2) is 55.2. The molecule has 0 amide bonds. The van der Waals surface area contributed by atoms with E-state index in [1.165, 1.54) is 118 Å². The van der Waals surface area contributed by atoms with Crippen molar-refractivity contribution in [2.45, 2.75) is 419 Å². The van der Waals surface area contributed by atoms with Crippen molar-refractivity contribution in [2.24, 2.45) is 112 Å². The summed E-state index contributed by atoms with van der Waals surface area (Å²) in [6, 6.07) is 0. The van der Waals surface area contributed by atoms with E-state index in [4.69, 9.17) is 47.4 Å². The van der Waals surface area contributed by atoms with Crippen molar-refractivity contribution in [3.8, 4) is 0 Å². The van der Waals surface area contributed by atoms with Crippen molar-refractivity contribution in [1.29, 1.82) is 0 Å². The van der Waals surface area contributed by atoms with Crippen molar-refractivity contribution < 1.29 is 95.9 Å². The highest BCUT2D eigenvalue weighted by molar-refractivity contribution is 5.77. The smallest absolute Gasteiger partial charge is 0.314 e. The van der Waals surface area contributed by atoms with E-state index in [1.54, 1.807) is 13.8 Å². The fourth-order valence-corrected chi connectivity index (χ4v) is 21.4. The molecule has 0 aromatic heterocycles. The van der Waals surface area contributed by atoms with Crippen molar-refractivity contribution >= 4 is 41.8 Å². The lowest BCUT2D eigenvalue weighted by Gasteiger charge is -2.32. The quantitative estimate of drug-likeness (QED) is 0.0339. The van der Waals surface area contributed by atoms with E-state index in [0.717, 1.165) is 140 Å². The first-order valence-corrected chi connectivity index (χ1v) is 46.9. The van der Waals surface area contributed by atoms with Crippen LogP contribution >= 0.6 is 0 Å². The van der Waals surface area contributed by atoms with Gasteiger partial charge in [-0.1, -0.05) is 167 Å². The van der Waals surface area contributed by atoms with Crippen LogP contribution < -0.4 is 0 Å². The number of carbonyl (C=O) groups is 7. The Balaban J connectivity index is 0.000000361. The molecular formula is C96H174O20. The van der Waals surface area contributed by atoms with Crippen LogP contribution in [0.2, 0.25) is 0 Å². The number of esters is 7. The Labute approximate surface area is 705 Å². The number of aliphatic hydroxyl groups excluding tert-OH is 1. The van der Waals surface area contributed by atoms with Gasteiger partial charge in [0.2, 0.25) is 6.29 Å². The van der Waals surface area contributed by atoms with Gasteiger partial charge in [-0.2, -0.15) is 0 Å². The van der Waals surface area contributed by atoms with Gasteiger partial charge in [0.1, 0.15) is 11.7 Å². The maximum Gasteiger partial charge on any atom is 0.314 e. The molecule has 26 unspecified atom stereocenters. The normalized spacial score (nSPS) is 32.3. The summed E-state index contributed by atoms with van der Waals surface area (Å²) in [6.07, 6.45) is 33.5. The Bertz CT molecular complexity index is 2740. The molecule has 6 saturated carbocycles. The zero-order valence-corrected chi connectivity index (χ0v) is 78.0. The summed E-state index contributed by atoms with van der Waals surface area (Å²) in [5.74, 6) is 8.83. The summed E-state index contributed by atoms with van der Waals surface area (Å²) in [5.41, 5.74) is -1.74. The second-order valence-electron chi connectivity index (χ2n) is 37.7. The number of hydrogen-bond donors (Lipinski definition) is 2. The molecule has 0 aromatic carbocycles. The highest BCUT2D eigenvalue weighted by Crippen LogP contribution is 2.52. The summed E-state index contributed by atoms with van der Waals surface area (Å²) >= 11 is 0. The van der Waals surface area contributed by atoms with Gasteiger partial charge in [0.15, 0.2) is 12.6 Å². The van der Waals surface area contributed by atoms with Crippen LogP contribution in [0.3, 0.4) is 0 Å². The summed E-state index contributed by atoms with van der Waals surface area (Å²) in [4.78, 5) is 82.4. The van der Waals surface area contributed by atoms with Crippen LogP contribution in [0.4, 0.5) is 0 Å². The Morgan fingerprint density at radius 2 is 0.940 bits per heavy atom. The third-order valence-electron chi connectivity index (χ3n) is 28.3. The molecule has 8 fully saturated rings. The van der Waals surface area contributed by atoms with Crippen molar-refractivity contribution in [3.05, 3.63) is 0 Å². The fraction of sp³-hybridized carbons (Fsp3) is 0.927. The molecule has 678 valence electrons. The van der Waals surface area contributed by atoms with E-state index >= 15 is 0 Å². The van der Waals surface area contributed by atoms with Crippen LogP contribution in [0.15, 0.2) is 0 Å². The van der Waals surface area contributed by atoms with E-state index in [1.807, 2.05) is 27.7 Å². The zero-order chi connectivity index (χ0) is 87.0. The predicted molar refractivity (Wildman–Crippen MR) is 458 cm³/mol. The molecule has 20 nitrogen and oxygen atoms in total. The summed E-state index contributed by atoms with van der Waals surface area (Å²) in [5, 5.41) is 20.5. The fourth-order valence-electron chi connectivity index (χ4n) is 21.4. The largest absolute Gasteiger partial charge is 0.469 e. The number of carbonyl (C=O) groups excluding carboxylic acids is 7. The van der Waals surface area contributed by atoms with Gasteiger partial charge in [-0.15, -0.1) is 0 Å². The van der Waals surface area contributed by atoms with Crippen molar-refractivity contribution in [3.63, 3.8) is 0 Å². The van der Waals surface area contributed by atoms with E-state index in [9.17, 15) is 43.8 Å². The molecule has 2 aliphatic heterocycles. The van der Waals surface area contributed by atoms with Crippen LogP contribution in [0.1, 0.15) is 370 Å². The maximum atomic E-state index is 12.6. The first-order valence-electron chi connectivity index (χ1n) is 46.9. The van der Waals surface area contributed by atoms with Gasteiger partial charge in [0, 0.05) is 26.6 Å².